The number of fused-ring (bicyclic) bond motifs is 1. The van der Waals surface area contributed by atoms with E-state index in [1.807, 2.05) is 4.90 Å². The Labute approximate surface area is 219 Å². The van der Waals surface area contributed by atoms with Gasteiger partial charge in [-0.2, -0.15) is 15.0 Å². The van der Waals surface area contributed by atoms with Crippen molar-refractivity contribution in [3.05, 3.63) is 30.1 Å². The summed E-state index contributed by atoms with van der Waals surface area (Å²) in [6.07, 6.45) is 1.48. The monoisotopic (exact) mass is 548 g/mol. The predicted octanol–water partition coefficient (Wildman–Crippen LogP) is 2.79. The molecule has 3 heterocycles. The fourth-order valence-electron chi connectivity index (χ4n) is 5.07. The van der Waals surface area contributed by atoms with Crippen molar-refractivity contribution in [2.75, 3.05) is 36.5 Å². The van der Waals surface area contributed by atoms with E-state index in [1.54, 1.807) is 24.3 Å². The summed E-state index contributed by atoms with van der Waals surface area (Å²) in [5.74, 6) is 0.305. The molecule has 0 amide bonds. The number of rotatable bonds is 8. The largest absolute Gasteiger partial charge is 0.378 e. The number of sulfonamides is 1. The number of hydrogen-bond donors (Lipinski definition) is 2. The second kappa shape index (κ2) is 10.3. The van der Waals surface area contributed by atoms with Gasteiger partial charge in [0.1, 0.15) is 0 Å². The van der Waals surface area contributed by atoms with Gasteiger partial charge in [-0.05, 0) is 50.7 Å². The van der Waals surface area contributed by atoms with Crippen molar-refractivity contribution >= 4 is 33.0 Å². The first-order chi connectivity index (χ1) is 18.4. The Morgan fingerprint density at radius 1 is 0.895 bits per heavy atom. The molecule has 1 aliphatic heterocycles. The molecule has 204 valence electrons. The number of imidazole rings is 1. The Kier molecular flexibility index (Phi) is 6.86. The molecule has 0 bridgehead atoms. The molecule has 3 fully saturated rings. The topological polar surface area (TPSA) is 127 Å². The van der Waals surface area contributed by atoms with Gasteiger partial charge in [-0.1, -0.05) is 12.1 Å². The van der Waals surface area contributed by atoms with Crippen LogP contribution in [0.4, 0.5) is 20.7 Å². The van der Waals surface area contributed by atoms with Gasteiger partial charge >= 0.3 is 0 Å². The third kappa shape index (κ3) is 5.29. The van der Waals surface area contributed by atoms with Crippen LogP contribution in [0.25, 0.3) is 17.0 Å². The minimum absolute atomic E-state index is 0.0126. The van der Waals surface area contributed by atoms with Crippen LogP contribution in [0.1, 0.15) is 50.8 Å². The van der Waals surface area contributed by atoms with Crippen molar-refractivity contribution in [2.45, 2.75) is 62.3 Å². The van der Waals surface area contributed by atoms with Gasteiger partial charge in [0.15, 0.2) is 5.82 Å². The maximum absolute atomic E-state index is 14.0. The first-order valence-electron chi connectivity index (χ1n) is 13.0. The average molecular weight is 549 g/mol. The molecule has 1 aromatic carbocycles. The zero-order valence-corrected chi connectivity index (χ0v) is 21.6. The Morgan fingerprint density at radius 2 is 1.58 bits per heavy atom. The van der Waals surface area contributed by atoms with E-state index >= 15 is 0 Å². The van der Waals surface area contributed by atoms with Crippen molar-refractivity contribution in [1.82, 2.24) is 29.2 Å². The molecule has 14 heteroatoms. The van der Waals surface area contributed by atoms with Gasteiger partial charge in [0.2, 0.25) is 27.9 Å². The number of alkyl halides is 2. The second-order valence-electron chi connectivity index (χ2n) is 10.0. The van der Waals surface area contributed by atoms with Crippen LogP contribution in [-0.2, 0) is 14.8 Å². The number of halogens is 2. The molecular formula is C24H30F2N8O3S. The van der Waals surface area contributed by atoms with Gasteiger partial charge in [-0.25, -0.2) is 26.9 Å². The lowest BCUT2D eigenvalue weighted by Gasteiger charge is -2.30. The fraction of sp³-hybridized carbons (Fsp3) is 0.583. The third-order valence-electron chi connectivity index (χ3n) is 7.24. The molecule has 0 atom stereocenters. The Hall–Kier alpha value is -2.97. The number of nitrogens with one attached hydrogen (secondary N) is 2. The van der Waals surface area contributed by atoms with Gasteiger partial charge in [0, 0.05) is 25.2 Å². The number of ether oxygens (including phenoxy) is 1. The van der Waals surface area contributed by atoms with Crippen LogP contribution in [-0.4, -0.2) is 76.6 Å². The van der Waals surface area contributed by atoms with E-state index in [-0.39, 0.29) is 29.2 Å². The molecule has 2 N–H and O–H groups in total. The van der Waals surface area contributed by atoms with Crippen LogP contribution in [0.2, 0.25) is 0 Å². The third-order valence-corrected chi connectivity index (χ3v) is 9.25. The molecule has 2 aliphatic carbocycles. The SMILES string of the molecule is O=S(=O)(N[C@H]1CC[C@H](Nc2nc(N3CCOCC3)nc(-n3c(C(F)F)nc4ccccc43)n2)CC1)C1CC1. The average Bonchev–Trinajstić information content (AvgIpc) is 3.71. The normalized spacial score (nSPS) is 22.8. The quantitative estimate of drug-likeness (QED) is 0.437. The lowest BCUT2D eigenvalue weighted by atomic mass is 9.92. The number of para-hydroxylation sites is 2. The van der Waals surface area contributed by atoms with Crippen molar-refractivity contribution < 1.29 is 21.9 Å². The van der Waals surface area contributed by atoms with Gasteiger partial charge < -0.3 is 15.0 Å². The first kappa shape index (κ1) is 25.3. The van der Waals surface area contributed by atoms with Crippen LogP contribution < -0.4 is 14.9 Å². The molecule has 2 saturated carbocycles. The second-order valence-corrected chi connectivity index (χ2v) is 12.0. The van der Waals surface area contributed by atoms with E-state index in [1.165, 1.54) is 4.57 Å². The Balaban J connectivity index is 1.28. The van der Waals surface area contributed by atoms with Crippen LogP contribution in [0.3, 0.4) is 0 Å². The summed E-state index contributed by atoms with van der Waals surface area (Å²) in [6, 6.07) is 6.83. The van der Waals surface area contributed by atoms with Gasteiger partial charge in [0.25, 0.3) is 6.43 Å². The van der Waals surface area contributed by atoms with Crippen molar-refractivity contribution in [1.29, 1.82) is 0 Å². The maximum atomic E-state index is 14.0. The van der Waals surface area contributed by atoms with Crippen molar-refractivity contribution in [3.63, 3.8) is 0 Å². The highest BCUT2D eigenvalue weighted by Crippen LogP contribution is 2.31. The highest BCUT2D eigenvalue weighted by Gasteiger charge is 2.37. The smallest absolute Gasteiger partial charge is 0.296 e. The molecule has 1 saturated heterocycles. The summed E-state index contributed by atoms with van der Waals surface area (Å²) >= 11 is 0. The van der Waals surface area contributed by atoms with E-state index in [9.17, 15) is 17.2 Å². The molecule has 11 nitrogen and oxygen atoms in total. The highest BCUT2D eigenvalue weighted by molar-refractivity contribution is 7.90. The molecular weight excluding hydrogens is 518 g/mol. The Morgan fingerprint density at radius 3 is 2.29 bits per heavy atom. The molecule has 0 spiro atoms. The summed E-state index contributed by atoms with van der Waals surface area (Å²) in [6.45, 7) is 2.17. The minimum Gasteiger partial charge on any atom is -0.378 e. The van der Waals surface area contributed by atoms with Gasteiger partial charge in [-0.3, -0.25) is 4.57 Å². The van der Waals surface area contributed by atoms with E-state index in [4.69, 9.17) is 4.74 Å². The minimum atomic E-state index is -3.23. The summed E-state index contributed by atoms with van der Waals surface area (Å²) < 4.78 is 62.3. The summed E-state index contributed by atoms with van der Waals surface area (Å²) in [7, 11) is -3.23. The number of benzene rings is 1. The predicted molar refractivity (Wildman–Crippen MR) is 137 cm³/mol. The molecule has 6 rings (SSSR count). The number of morpholine rings is 1. The highest BCUT2D eigenvalue weighted by atomic mass is 32.2. The number of hydrogen-bond acceptors (Lipinski definition) is 9. The molecule has 38 heavy (non-hydrogen) atoms. The molecule has 3 aliphatic rings. The van der Waals surface area contributed by atoms with Crippen molar-refractivity contribution in [2.24, 2.45) is 0 Å². The van der Waals surface area contributed by atoms with Crippen LogP contribution in [0.15, 0.2) is 24.3 Å². The molecule has 3 aromatic rings. The number of anilines is 2. The molecule has 2 aromatic heterocycles. The standard InChI is InChI=1S/C24H30F2N8O3S/c25-20(26)21-28-18-3-1-2-4-19(18)34(21)24-30-22(29-23(31-24)33-11-13-37-14-12-33)27-15-5-7-16(8-6-15)32-38(35,36)17-9-10-17/h1-4,15-17,20,32H,5-14H2,(H,27,29,30,31)/t15-,16-. The number of aromatic nitrogens is 5. The zero-order valence-electron chi connectivity index (χ0n) is 20.8. The van der Waals surface area contributed by atoms with Gasteiger partial charge in [0.05, 0.1) is 29.5 Å². The number of nitrogens with zero attached hydrogens (tertiary/aromatic N) is 6. The first-order valence-corrected chi connectivity index (χ1v) is 14.5. The molecule has 0 radical (unpaired) electrons. The summed E-state index contributed by atoms with van der Waals surface area (Å²) in [4.78, 5) is 19.8. The van der Waals surface area contributed by atoms with E-state index in [0.717, 1.165) is 25.7 Å². The van der Waals surface area contributed by atoms with E-state index in [2.05, 4.69) is 30.0 Å². The fourth-order valence-corrected chi connectivity index (χ4v) is 6.72. The van der Waals surface area contributed by atoms with Crippen LogP contribution >= 0.6 is 0 Å². The lowest BCUT2D eigenvalue weighted by Crippen LogP contribution is -2.41. The van der Waals surface area contributed by atoms with Crippen LogP contribution in [0, 0.1) is 0 Å². The van der Waals surface area contributed by atoms with E-state index in [0.29, 0.717) is 56.1 Å². The van der Waals surface area contributed by atoms with Gasteiger partial charge in [-0.15, -0.1) is 0 Å². The van der Waals surface area contributed by atoms with E-state index < -0.39 is 22.3 Å². The summed E-state index contributed by atoms with van der Waals surface area (Å²) in [5, 5.41) is 3.12. The molecule has 0 unspecified atom stereocenters. The maximum Gasteiger partial charge on any atom is 0.296 e. The summed E-state index contributed by atoms with van der Waals surface area (Å²) in [5.41, 5.74) is 0.911. The lowest BCUT2D eigenvalue weighted by molar-refractivity contribution is 0.122. The van der Waals surface area contributed by atoms with Crippen molar-refractivity contribution in [3.8, 4) is 5.95 Å². The Bertz CT molecular complexity index is 1400. The van der Waals surface area contributed by atoms with Crippen LogP contribution in [0.5, 0.6) is 0 Å². The zero-order chi connectivity index (χ0) is 26.3.